The molecule has 2 aliphatic carbocycles. The van der Waals surface area contributed by atoms with Gasteiger partial charge in [0, 0.05) is 17.9 Å². The minimum absolute atomic E-state index is 0.385. The number of hydrogen-bond donors (Lipinski definition) is 1. The fraction of sp³-hybridized carbons (Fsp3) is 0.231. The molecule has 0 heterocycles. The van der Waals surface area contributed by atoms with Crippen LogP contribution in [0.5, 0.6) is 0 Å². The zero-order valence-electron chi connectivity index (χ0n) is 7.77. The van der Waals surface area contributed by atoms with E-state index in [4.69, 9.17) is 5.73 Å². The van der Waals surface area contributed by atoms with Crippen molar-refractivity contribution in [2.75, 3.05) is 0 Å². The maximum absolute atomic E-state index is 6.06. The van der Waals surface area contributed by atoms with E-state index in [1.54, 1.807) is 0 Å². The van der Waals surface area contributed by atoms with Crippen molar-refractivity contribution in [2.45, 2.75) is 17.9 Å². The Morgan fingerprint density at radius 2 is 1.43 bits per heavy atom. The van der Waals surface area contributed by atoms with Crippen molar-refractivity contribution in [3.8, 4) is 0 Å². The Kier molecular flexibility index (Phi) is 1.01. The van der Waals surface area contributed by atoms with E-state index in [9.17, 15) is 0 Å². The van der Waals surface area contributed by atoms with E-state index in [0.29, 0.717) is 17.9 Å². The molecule has 0 aromatic heterocycles. The molecule has 1 fully saturated rings. The van der Waals surface area contributed by atoms with E-state index in [1.807, 2.05) is 0 Å². The van der Waals surface area contributed by atoms with E-state index in [1.165, 1.54) is 21.9 Å². The summed E-state index contributed by atoms with van der Waals surface area (Å²) in [4.78, 5) is 0. The summed E-state index contributed by atoms with van der Waals surface area (Å²) >= 11 is 0. The molecular weight excluding hydrogens is 170 g/mol. The molecule has 68 valence electrons. The summed E-state index contributed by atoms with van der Waals surface area (Å²) in [6, 6.07) is 13.5. The van der Waals surface area contributed by atoms with Crippen LogP contribution in [0.15, 0.2) is 36.4 Å². The van der Waals surface area contributed by atoms with E-state index >= 15 is 0 Å². The van der Waals surface area contributed by atoms with Crippen molar-refractivity contribution in [2.24, 2.45) is 5.73 Å². The van der Waals surface area contributed by atoms with Crippen molar-refractivity contribution >= 4 is 10.8 Å². The minimum atomic E-state index is 0.385. The smallest absolute Gasteiger partial charge is 0.0191 e. The topological polar surface area (TPSA) is 26.0 Å². The Morgan fingerprint density at radius 1 is 0.857 bits per heavy atom. The van der Waals surface area contributed by atoms with E-state index in [2.05, 4.69) is 36.4 Å². The molecule has 0 aliphatic heterocycles. The second-order valence-electron chi connectivity index (χ2n) is 4.42. The molecule has 2 aromatic rings. The van der Waals surface area contributed by atoms with Gasteiger partial charge < -0.3 is 5.73 Å². The SMILES string of the molecule is NC1C2c3cccc4cccc(c34)C12. The van der Waals surface area contributed by atoms with Crippen LogP contribution in [0.3, 0.4) is 0 Å². The van der Waals surface area contributed by atoms with Crippen LogP contribution in [-0.4, -0.2) is 6.04 Å². The molecule has 0 saturated heterocycles. The summed E-state index contributed by atoms with van der Waals surface area (Å²) < 4.78 is 0. The fourth-order valence-corrected chi connectivity index (χ4v) is 3.09. The van der Waals surface area contributed by atoms with Gasteiger partial charge in [-0.15, -0.1) is 0 Å². The molecule has 0 spiro atoms. The first kappa shape index (κ1) is 7.02. The Bertz CT molecular complexity index is 499. The summed E-state index contributed by atoms with van der Waals surface area (Å²) in [5.41, 5.74) is 9.03. The molecule has 2 atom stereocenters. The van der Waals surface area contributed by atoms with Gasteiger partial charge in [-0.05, 0) is 21.9 Å². The monoisotopic (exact) mass is 181 g/mol. The Hall–Kier alpha value is -1.34. The highest BCUT2D eigenvalue weighted by molar-refractivity contribution is 5.94. The van der Waals surface area contributed by atoms with Crippen LogP contribution in [0.2, 0.25) is 0 Å². The second kappa shape index (κ2) is 2.01. The maximum Gasteiger partial charge on any atom is 0.0191 e. The van der Waals surface area contributed by atoms with Crippen molar-refractivity contribution in [3.05, 3.63) is 47.5 Å². The van der Waals surface area contributed by atoms with Crippen LogP contribution >= 0.6 is 0 Å². The Balaban J connectivity index is 2.19. The minimum Gasteiger partial charge on any atom is -0.327 e. The third kappa shape index (κ3) is 0.602. The lowest BCUT2D eigenvalue weighted by Crippen LogP contribution is -2.05. The van der Waals surface area contributed by atoms with Crippen LogP contribution in [0, 0.1) is 0 Å². The van der Waals surface area contributed by atoms with Crippen LogP contribution in [0.25, 0.3) is 10.8 Å². The summed E-state index contributed by atoms with van der Waals surface area (Å²) in [6.45, 7) is 0. The summed E-state index contributed by atoms with van der Waals surface area (Å²) in [5, 5.41) is 2.85. The lowest BCUT2D eigenvalue weighted by Gasteiger charge is -2.06. The Morgan fingerprint density at radius 3 is 2.00 bits per heavy atom. The van der Waals surface area contributed by atoms with Crippen LogP contribution in [0.4, 0.5) is 0 Å². The van der Waals surface area contributed by atoms with Crippen molar-refractivity contribution in [1.29, 1.82) is 0 Å². The van der Waals surface area contributed by atoms with Crippen LogP contribution in [0.1, 0.15) is 23.0 Å². The quantitative estimate of drug-likeness (QED) is 0.663. The van der Waals surface area contributed by atoms with Gasteiger partial charge in [-0.2, -0.15) is 0 Å². The number of nitrogens with two attached hydrogens (primary N) is 1. The molecule has 2 N–H and O–H groups in total. The highest BCUT2D eigenvalue weighted by Gasteiger charge is 2.54. The van der Waals surface area contributed by atoms with Gasteiger partial charge in [0.25, 0.3) is 0 Å². The van der Waals surface area contributed by atoms with Gasteiger partial charge in [0.1, 0.15) is 0 Å². The second-order valence-corrected chi connectivity index (χ2v) is 4.42. The Labute approximate surface area is 82.5 Å². The zero-order valence-corrected chi connectivity index (χ0v) is 7.77. The normalized spacial score (nSPS) is 31.9. The number of benzene rings is 2. The molecule has 1 nitrogen and oxygen atoms in total. The zero-order chi connectivity index (χ0) is 9.28. The van der Waals surface area contributed by atoms with Crippen molar-refractivity contribution in [1.82, 2.24) is 0 Å². The molecule has 1 saturated carbocycles. The standard InChI is InChI=1S/C13H11N/c14-13-11-8-5-1-3-7-4-2-6-9(10(7)8)12(11)13/h1-6,11-13H,14H2. The van der Waals surface area contributed by atoms with Gasteiger partial charge in [-0.25, -0.2) is 0 Å². The van der Waals surface area contributed by atoms with Gasteiger partial charge in [0.15, 0.2) is 0 Å². The number of rotatable bonds is 0. The van der Waals surface area contributed by atoms with Crippen molar-refractivity contribution < 1.29 is 0 Å². The fourth-order valence-electron chi connectivity index (χ4n) is 3.09. The molecule has 14 heavy (non-hydrogen) atoms. The molecule has 0 radical (unpaired) electrons. The van der Waals surface area contributed by atoms with Gasteiger partial charge >= 0.3 is 0 Å². The van der Waals surface area contributed by atoms with E-state index in [0.717, 1.165) is 0 Å². The summed E-state index contributed by atoms with van der Waals surface area (Å²) in [7, 11) is 0. The first-order valence-electron chi connectivity index (χ1n) is 5.15. The molecule has 2 aromatic carbocycles. The molecule has 4 rings (SSSR count). The predicted octanol–water partition coefficient (Wildman–Crippen LogP) is 2.36. The van der Waals surface area contributed by atoms with Crippen molar-refractivity contribution in [3.63, 3.8) is 0 Å². The highest BCUT2D eigenvalue weighted by Crippen LogP contribution is 2.61. The van der Waals surface area contributed by atoms with E-state index < -0.39 is 0 Å². The third-order valence-electron chi connectivity index (χ3n) is 3.76. The molecule has 0 bridgehead atoms. The lowest BCUT2D eigenvalue weighted by molar-refractivity contribution is 0.976. The third-order valence-corrected chi connectivity index (χ3v) is 3.76. The number of hydrogen-bond acceptors (Lipinski definition) is 1. The highest BCUT2D eigenvalue weighted by atomic mass is 14.8. The molecule has 0 amide bonds. The lowest BCUT2D eigenvalue weighted by atomic mass is 10.0. The van der Waals surface area contributed by atoms with Gasteiger partial charge in [0.05, 0.1) is 0 Å². The first-order valence-corrected chi connectivity index (χ1v) is 5.15. The molecule has 1 heteroatoms. The molecule has 2 unspecified atom stereocenters. The predicted molar refractivity (Wildman–Crippen MR) is 57.4 cm³/mol. The average molecular weight is 181 g/mol. The van der Waals surface area contributed by atoms with Gasteiger partial charge in [0.2, 0.25) is 0 Å². The summed E-state index contributed by atoms with van der Waals surface area (Å²) in [6.07, 6.45) is 0. The summed E-state index contributed by atoms with van der Waals surface area (Å²) in [5.74, 6) is 1.24. The van der Waals surface area contributed by atoms with Gasteiger partial charge in [-0.1, -0.05) is 36.4 Å². The van der Waals surface area contributed by atoms with Crippen LogP contribution in [-0.2, 0) is 0 Å². The maximum atomic E-state index is 6.06. The largest absolute Gasteiger partial charge is 0.327 e. The van der Waals surface area contributed by atoms with Crippen LogP contribution < -0.4 is 5.73 Å². The van der Waals surface area contributed by atoms with Gasteiger partial charge in [-0.3, -0.25) is 0 Å². The molecular formula is C13H11N. The average Bonchev–Trinajstić information content (AvgIpc) is 2.74. The number of fused-ring (bicyclic) bond motifs is 3. The molecule has 2 aliphatic rings. The van der Waals surface area contributed by atoms with E-state index in [-0.39, 0.29) is 0 Å². The first-order chi connectivity index (χ1) is 6.88.